The lowest BCUT2D eigenvalue weighted by Gasteiger charge is -2.16. The van der Waals surface area contributed by atoms with Gasteiger partial charge in [0.2, 0.25) is 0 Å². The Bertz CT molecular complexity index is 3000. The van der Waals surface area contributed by atoms with Crippen LogP contribution < -0.4 is 0 Å². The fourth-order valence-corrected chi connectivity index (χ4v) is 8.45. The first-order valence-electron chi connectivity index (χ1n) is 18.6. The molecule has 54 heavy (non-hydrogen) atoms. The third kappa shape index (κ3) is 4.98. The number of hydrogen-bond acceptors (Lipinski definition) is 2. The maximum absolute atomic E-state index is 4.96. The van der Waals surface area contributed by atoms with Gasteiger partial charge in [0.15, 0.2) is 0 Å². The Hall–Kier alpha value is -6.78. The maximum Gasteiger partial charge on any atom is 0.0724 e. The van der Waals surface area contributed by atoms with Crippen LogP contribution in [-0.2, 0) is 0 Å². The SMILES string of the molecule is Cc1ccc(-n2c3ccccc3c3ccccc32)cc1-c1cc(-c2cnc(C)c(-c3ccc(-n4c5ccccc5c5ccccc54)cc3C)c2)ncc1C. The number of fused-ring (bicyclic) bond motifs is 6. The summed E-state index contributed by atoms with van der Waals surface area (Å²) >= 11 is 0. The van der Waals surface area contributed by atoms with E-state index in [-0.39, 0.29) is 0 Å². The van der Waals surface area contributed by atoms with Crippen LogP contribution in [0.2, 0.25) is 0 Å². The average molecular weight is 695 g/mol. The van der Waals surface area contributed by atoms with Gasteiger partial charge in [-0.1, -0.05) is 84.9 Å². The summed E-state index contributed by atoms with van der Waals surface area (Å²) in [7, 11) is 0. The summed E-state index contributed by atoms with van der Waals surface area (Å²) in [5, 5.41) is 5.05. The molecule has 0 amide bonds. The van der Waals surface area contributed by atoms with Gasteiger partial charge in [0, 0.05) is 62.1 Å². The van der Waals surface area contributed by atoms with Gasteiger partial charge in [0.25, 0.3) is 0 Å². The quantitative estimate of drug-likeness (QED) is 0.180. The molecule has 0 spiro atoms. The van der Waals surface area contributed by atoms with Crippen LogP contribution in [0.25, 0.3) is 88.5 Å². The van der Waals surface area contributed by atoms with Gasteiger partial charge >= 0.3 is 0 Å². The molecule has 10 rings (SSSR count). The van der Waals surface area contributed by atoms with Crippen molar-refractivity contribution in [2.75, 3.05) is 0 Å². The van der Waals surface area contributed by atoms with Gasteiger partial charge in [-0.3, -0.25) is 9.97 Å². The molecular formula is C50H38N4. The molecule has 0 N–H and O–H groups in total. The molecule has 0 atom stereocenters. The van der Waals surface area contributed by atoms with E-state index in [9.17, 15) is 0 Å². The first-order valence-corrected chi connectivity index (χ1v) is 18.6. The van der Waals surface area contributed by atoms with Crippen LogP contribution in [0.5, 0.6) is 0 Å². The standard InChI is InChI=1S/C50H38N4/c1-31-21-22-37(54-49-19-11-7-15-41(49)42-16-8-12-20-50(42)54)27-43(31)44-28-46(52-29-33(44)3)35-26-45(34(4)51-30-35)38-24-23-36(25-32(38)2)53-47-17-9-5-13-39(47)40-14-6-10-18-48(40)53/h5-30H,1-4H3. The Morgan fingerprint density at radius 3 is 1.43 bits per heavy atom. The Morgan fingerprint density at radius 2 is 0.870 bits per heavy atom. The van der Waals surface area contributed by atoms with Crippen molar-refractivity contribution in [3.05, 3.63) is 180 Å². The van der Waals surface area contributed by atoms with Gasteiger partial charge in [-0.15, -0.1) is 0 Å². The number of benzene rings is 6. The van der Waals surface area contributed by atoms with Gasteiger partial charge in [-0.2, -0.15) is 0 Å². The normalized spacial score (nSPS) is 11.7. The third-order valence-corrected chi connectivity index (χ3v) is 11.2. The van der Waals surface area contributed by atoms with Crippen molar-refractivity contribution < 1.29 is 0 Å². The lowest BCUT2D eigenvalue weighted by atomic mass is 9.94. The Balaban J connectivity index is 1.05. The molecular weight excluding hydrogens is 657 g/mol. The molecule has 4 heteroatoms. The molecule has 258 valence electrons. The highest BCUT2D eigenvalue weighted by Gasteiger charge is 2.17. The molecule has 0 bridgehead atoms. The minimum atomic E-state index is 0.908. The van der Waals surface area contributed by atoms with Gasteiger partial charge < -0.3 is 9.13 Å². The Kier molecular flexibility index (Phi) is 7.34. The predicted octanol–water partition coefficient (Wildman–Crippen LogP) is 12.9. The van der Waals surface area contributed by atoms with Crippen LogP contribution in [0.15, 0.2) is 158 Å². The van der Waals surface area contributed by atoms with Crippen LogP contribution in [0.4, 0.5) is 0 Å². The zero-order chi connectivity index (χ0) is 36.5. The number of pyridine rings is 2. The van der Waals surface area contributed by atoms with E-state index in [1.54, 1.807) is 0 Å². The monoisotopic (exact) mass is 694 g/mol. The molecule has 4 heterocycles. The summed E-state index contributed by atoms with van der Waals surface area (Å²) in [6.45, 7) is 8.65. The summed E-state index contributed by atoms with van der Waals surface area (Å²) in [6, 6.07) is 52.8. The van der Waals surface area contributed by atoms with Crippen molar-refractivity contribution in [3.8, 4) is 44.9 Å². The lowest BCUT2D eigenvalue weighted by Crippen LogP contribution is -1.98. The summed E-state index contributed by atoms with van der Waals surface area (Å²) in [5.74, 6) is 0. The molecule has 0 unspecified atom stereocenters. The van der Waals surface area contributed by atoms with Crippen LogP contribution in [0, 0.1) is 27.7 Å². The van der Waals surface area contributed by atoms with Crippen molar-refractivity contribution in [1.82, 2.24) is 19.1 Å². The predicted molar refractivity (Wildman–Crippen MR) is 226 cm³/mol. The van der Waals surface area contributed by atoms with Crippen molar-refractivity contribution in [3.63, 3.8) is 0 Å². The first kappa shape index (κ1) is 31.9. The average Bonchev–Trinajstić information content (AvgIpc) is 3.72. The van der Waals surface area contributed by atoms with Crippen molar-refractivity contribution in [2.45, 2.75) is 27.7 Å². The second-order valence-electron chi connectivity index (χ2n) is 14.5. The van der Waals surface area contributed by atoms with Crippen molar-refractivity contribution in [2.24, 2.45) is 0 Å². The Labute approximate surface area is 314 Å². The molecule has 0 aliphatic heterocycles. The van der Waals surface area contributed by atoms with Gasteiger partial charge in [-0.25, -0.2) is 0 Å². The molecule has 10 aromatic rings. The van der Waals surface area contributed by atoms with E-state index in [0.29, 0.717) is 0 Å². The fourth-order valence-electron chi connectivity index (χ4n) is 8.45. The highest BCUT2D eigenvalue weighted by atomic mass is 15.0. The van der Waals surface area contributed by atoms with Crippen LogP contribution in [0.1, 0.15) is 22.4 Å². The largest absolute Gasteiger partial charge is 0.309 e. The summed E-state index contributed by atoms with van der Waals surface area (Å²) in [6.07, 6.45) is 3.96. The zero-order valence-electron chi connectivity index (χ0n) is 30.8. The van der Waals surface area contributed by atoms with Crippen LogP contribution in [-0.4, -0.2) is 19.1 Å². The molecule has 0 aliphatic rings. The fraction of sp³-hybridized carbons (Fsp3) is 0.0800. The molecule has 0 fully saturated rings. The molecule has 0 saturated carbocycles. The van der Waals surface area contributed by atoms with Crippen LogP contribution in [0.3, 0.4) is 0 Å². The van der Waals surface area contributed by atoms with E-state index < -0.39 is 0 Å². The highest BCUT2D eigenvalue weighted by Crippen LogP contribution is 2.38. The first-order chi connectivity index (χ1) is 26.4. The number of nitrogens with zero attached hydrogens (tertiary/aromatic N) is 4. The van der Waals surface area contributed by atoms with Crippen molar-refractivity contribution >= 4 is 43.6 Å². The molecule has 0 radical (unpaired) electrons. The topological polar surface area (TPSA) is 35.6 Å². The number of aromatic nitrogens is 4. The summed E-state index contributed by atoms with van der Waals surface area (Å²) < 4.78 is 4.76. The molecule has 6 aromatic carbocycles. The van der Waals surface area contributed by atoms with E-state index in [4.69, 9.17) is 9.97 Å². The third-order valence-electron chi connectivity index (χ3n) is 11.2. The maximum atomic E-state index is 4.96. The van der Waals surface area contributed by atoms with E-state index in [1.807, 2.05) is 12.4 Å². The van der Waals surface area contributed by atoms with Crippen molar-refractivity contribution in [1.29, 1.82) is 0 Å². The Morgan fingerprint density at radius 1 is 0.370 bits per heavy atom. The summed E-state index contributed by atoms with van der Waals surface area (Å²) in [4.78, 5) is 9.89. The number of hydrogen-bond donors (Lipinski definition) is 0. The van der Waals surface area contributed by atoms with Gasteiger partial charge in [0.1, 0.15) is 0 Å². The smallest absolute Gasteiger partial charge is 0.0724 e. The second-order valence-corrected chi connectivity index (χ2v) is 14.5. The zero-order valence-corrected chi connectivity index (χ0v) is 30.8. The summed E-state index contributed by atoms with van der Waals surface area (Å²) in [5.41, 5.74) is 18.3. The van der Waals surface area contributed by atoms with E-state index in [2.05, 4.69) is 182 Å². The molecule has 4 nitrogen and oxygen atoms in total. The van der Waals surface area contributed by atoms with E-state index >= 15 is 0 Å². The molecule has 0 aliphatic carbocycles. The molecule has 0 saturated heterocycles. The van der Waals surface area contributed by atoms with Gasteiger partial charge in [0.05, 0.1) is 27.8 Å². The van der Waals surface area contributed by atoms with Crippen LogP contribution >= 0.6 is 0 Å². The highest BCUT2D eigenvalue weighted by molar-refractivity contribution is 6.10. The number of rotatable bonds is 5. The minimum absolute atomic E-state index is 0.908. The number of para-hydroxylation sites is 4. The van der Waals surface area contributed by atoms with E-state index in [0.717, 1.165) is 39.5 Å². The number of aryl methyl sites for hydroxylation is 4. The lowest BCUT2D eigenvalue weighted by molar-refractivity contribution is 1.16. The molecule has 4 aromatic heterocycles. The van der Waals surface area contributed by atoms with E-state index in [1.165, 1.54) is 71.4 Å². The second kappa shape index (κ2) is 12.4. The minimum Gasteiger partial charge on any atom is -0.309 e. The van der Waals surface area contributed by atoms with Gasteiger partial charge in [-0.05, 0) is 122 Å².